The molecule has 2 aromatic rings. The van der Waals surface area contributed by atoms with Gasteiger partial charge >= 0.3 is 0 Å². The summed E-state index contributed by atoms with van der Waals surface area (Å²) in [6.45, 7) is 1.99. The van der Waals surface area contributed by atoms with Gasteiger partial charge in [-0.2, -0.15) is 0 Å². The molecule has 0 saturated heterocycles. The Morgan fingerprint density at radius 2 is 2.25 bits per heavy atom. The smallest absolute Gasteiger partial charge is 0.102 e. The van der Waals surface area contributed by atoms with Crippen LogP contribution in [0.25, 0.3) is 11.0 Å². The summed E-state index contributed by atoms with van der Waals surface area (Å²) in [5, 5.41) is 0. The van der Waals surface area contributed by atoms with E-state index in [4.69, 9.17) is 0 Å². The summed E-state index contributed by atoms with van der Waals surface area (Å²) in [5.41, 5.74) is 3.01. The van der Waals surface area contributed by atoms with E-state index in [1.165, 1.54) is 0 Å². The first-order valence-electron chi connectivity index (χ1n) is 3.65. The predicted molar refractivity (Wildman–Crippen MR) is 57.0 cm³/mol. The maximum absolute atomic E-state index is 4.37. The quantitative estimate of drug-likeness (QED) is 0.687. The van der Waals surface area contributed by atoms with E-state index in [0.717, 1.165) is 20.3 Å². The fourth-order valence-electron chi connectivity index (χ4n) is 1.15. The van der Waals surface area contributed by atoms with Gasteiger partial charge in [0, 0.05) is 15.5 Å². The Bertz CT molecular complexity index is 426. The van der Waals surface area contributed by atoms with Gasteiger partial charge in [0.25, 0.3) is 0 Å². The minimum atomic E-state index is 0.974. The molecule has 60 valence electrons. The van der Waals surface area contributed by atoms with E-state index >= 15 is 0 Å². The van der Waals surface area contributed by atoms with Crippen molar-refractivity contribution in [2.75, 3.05) is 0 Å². The predicted octanol–water partition coefficient (Wildman–Crippen LogP) is 2.54. The van der Waals surface area contributed by atoms with Crippen LogP contribution >= 0.6 is 22.6 Å². The second kappa shape index (κ2) is 2.97. The lowest BCUT2D eigenvalue weighted by molar-refractivity contribution is 1.22. The van der Waals surface area contributed by atoms with E-state index in [9.17, 15) is 0 Å². The number of pyridine rings is 2. The molecule has 0 N–H and O–H groups in total. The topological polar surface area (TPSA) is 25.8 Å². The molecule has 2 rings (SSSR count). The number of aryl methyl sites for hydroxylation is 1. The first-order chi connectivity index (χ1) is 5.77. The summed E-state index contributed by atoms with van der Waals surface area (Å²) in [4.78, 5) is 8.62. The molecule has 2 nitrogen and oxygen atoms in total. The standard InChI is InChI=1S/C9H7IN2/c1-6-5-7(10)9-8(12-6)3-2-4-11-9/h2-5H,1H3. The summed E-state index contributed by atoms with van der Waals surface area (Å²) < 4.78 is 1.16. The van der Waals surface area contributed by atoms with Crippen molar-refractivity contribution in [3.05, 3.63) is 33.7 Å². The van der Waals surface area contributed by atoms with Crippen LogP contribution in [0.4, 0.5) is 0 Å². The largest absolute Gasteiger partial charge is 0.253 e. The zero-order chi connectivity index (χ0) is 8.55. The molecule has 0 spiro atoms. The molecule has 12 heavy (non-hydrogen) atoms. The zero-order valence-corrected chi connectivity index (χ0v) is 8.74. The van der Waals surface area contributed by atoms with Crippen molar-refractivity contribution in [2.24, 2.45) is 0 Å². The second-order valence-corrected chi connectivity index (χ2v) is 3.78. The van der Waals surface area contributed by atoms with Gasteiger partial charge in [0.15, 0.2) is 0 Å². The van der Waals surface area contributed by atoms with Crippen LogP contribution in [0.15, 0.2) is 24.4 Å². The van der Waals surface area contributed by atoms with Crippen LogP contribution in [0.2, 0.25) is 0 Å². The fourth-order valence-corrected chi connectivity index (χ4v) is 2.01. The highest BCUT2D eigenvalue weighted by molar-refractivity contribution is 14.1. The average molecular weight is 270 g/mol. The maximum Gasteiger partial charge on any atom is 0.102 e. The Morgan fingerprint density at radius 1 is 1.42 bits per heavy atom. The molecule has 0 bridgehead atoms. The minimum Gasteiger partial charge on any atom is -0.253 e. The Labute approximate surface area is 84.2 Å². The van der Waals surface area contributed by atoms with Crippen LogP contribution in [0.5, 0.6) is 0 Å². The number of hydrogen-bond acceptors (Lipinski definition) is 2. The molecule has 0 radical (unpaired) electrons. The van der Waals surface area contributed by atoms with Gasteiger partial charge in [-0.3, -0.25) is 9.97 Å². The molecule has 0 atom stereocenters. The lowest BCUT2D eigenvalue weighted by Crippen LogP contribution is -1.88. The van der Waals surface area contributed by atoms with Crippen molar-refractivity contribution in [3.8, 4) is 0 Å². The van der Waals surface area contributed by atoms with E-state index in [-0.39, 0.29) is 0 Å². The molecule has 0 aromatic carbocycles. The summed E-state index contributed by atoms with van der Waals surface area (Å²) in [6.07, 6.45) is 1.79. The van der Waals surface area contributed by atoms with Crippen molar-refractivity contribution in [1.82, 2.24) is 9.97 Å². The first kappa shape index (κ1) is 7.91. The third kappa shape index (κ3) is 1.29. The Balaban J connectivity index is 2.89. The monoisotopic (exact) mass is 270 g/mol. The lowest BCUT2D eigenvalue weighted by atomic mass is 10.3. The molecular weight excluding hydrogens is 263 g/mol. The fraction of sp³-hybridized carbons (Fsp3) is 0.111. The second-order valence-electron chi connectivity index (χ2n) is 2.62. The highest BCUT2D eigenvalue weighted by Crippen LogP contribution is 2.16. The lowest BCUT2D eigenvalue weighted by Gasteiger charge is -1.99. The van der Waals surface area contributed by atoms with E-state index in [1.54, 1.807) is 6.20 Å². The molecular formula is C9H7IN2. The molecule has 0 aliphatic carbocycles. The van der Waals surface area contributed by atoms with E-state index in [2.05, 4.69) is 32.6 Å². The van der Waals surface area contributed by atoms with Gasteiger partial charge in [0.2, 0.25) is 0 Å². The molecule has 0 fully saturated rings. The van der Waals surface area contributed by atoms with Crippen LogP contribution in [0.3, 0.4) is 0 Å². The third-order valence-corrected chi connectivity index (χ3v) is 2.47. The van der Waals surface area contributed by atoms with Crippen molar-refractivity contribution in [3.63, 3.8) is 0 Å². The summed E-state index contributed by atoms with van der Waals surface area (Å²) in [5.74, 6) is 0. The SMILES string of the molecule is Cc1cc(I)c2ncccc2n1. The van der Waals surface area contributed by atoms with Gasteiger partial charge < -0.3 is 0 Å². The number of aromatic nitrogens is 2. The number of halogens is 1. The van der Waals surface area contributed by atoms with Crippen LogP contribution in [0.1, 0.15) is 5.69 Å². The molecule has 0 aliphatic heterocycles. The zero-order valence-electron chi connectivity index (χ0n) is 6.58. The van der Waals surface area contributed by atoms with E-state index < -0.39 is 0 Å². The van der Waals surface area contributed by atoms with Gasteiger partial charge in [-0.15, -0.1) is 0 Å². The van der Waals surface area contributed by atoms with Crippen molar-refractivity contribution < 1.29 is 0 Å². The number of rotatable bonds is 0. The van der Waals surface area contributed by atoms with Crippen LogP contribution in [0, 0.1) is 10.5 Å². The normalized spacial score (nSPS) is 10.5. The van der Waals surface area contributed by atoms with Crippen molar-refractivity contribution in [1.29, 1.82) is 0 Å². The molecule has 0 aliphatic rings. The number of hydrogen-bond donors (Lipinski definition) is 0. The summed E-state index contributed by atoms with van der Waals surface area (Å²) in [6, 6.07) is 5.93. The van der Waals surface area contributed by atoms with Gasteiger partial charge in [-0.25, -0.2) is 0 Å². The molecule has 0 amide bonds. The molecule has 0 unspecified atom stereocenters. The van der Waals surface area contributed by atoms with Crippen LogP contribution < -0.4 is 0 Å². The van der Waals surface area contributed by atoms with E-state index in [1.807, 2.05) is 25.1 Å². The summed E-state index contributed by atoms with van der Waals surface area (Å²) >= 11 is 2.28. The average Bonchev–Trinajstić information content (AvgIpc) is 2.04. The Morgan fingerprint density at radius 3 is 3.08 bits per heavy atom. The van der Waals surface area contributed by atoms with Crippen LogP contribution in [-0.4, -0.2) is 9.97 Å². The Kier molecular flexibility index (Phi) is 1.96. The highest BCUT2D eigenvalue weighted by atomic mass is 127. The van der Waals surface area contributed by atoms with Gasteiger partial charge in [0.05, 0.1) is 5.52 Å². The third-order valence-electron chi connectivity index (χ3n) is 1.65. The number of nitrogens with zero attached hydrogens (tertiary/aromatic N) is 2. The van der Waals surface area contributed by atoms with Gasteiger partial charge in [-0.1, -0.05) is 0 Å². The molecule has 2 heterocycles. The highest BCUT2D eigenvalue weighted by Gasteiger charge is 2.00. The first-order valence-corrected chi connectivity index (χ1v) is 4.73. The van der Waals surface area contributed by atoms with Crippen LogP contribution in [-0.2, 0) is 0 Å². The van der Waals surface area contributed by atoms with E-state index in [0.29, 0.717) is 0 Å². The molecule has 2 aromatic heterocycles. The van der Waals surface area contributed by atoms with Gasteiger partial charge in [0.1, 0.15) is 5.52 Å². The number of fused-ring (bicyclic) bond motifs is 1. The minimum absolute atomic E-state index is 0.974. The molecule has 0 saturated carbocycles. The maximum atomic E-state index is 4.37. The summed E-state index contributed by atoms with van der Waals surface area (Å²) in [7, 11) is 0. The van der Waals surface area contributed by atoms with Crippen molar-refractivity contribution in [2.45, 2.75) is 6.92 Å². The molecule has 3 heteroatoms. The Hall–Kier alpha value is -0.710. The van der Waals surface area contributed by atoms with Crippen molar-refractivity contribution >= 4 is 33.6 Å². The van der Waals surface area contributed by atoms with Gasteiger partial charge in [-0.05, 0) is 47.7 Å².